The molecule has 0 heterocycles. The van der Waals surface area contributed by atoms with Crippen LogP contribution in [0.5, 0.6) is 0 Å². The molecule has 0 aromatic carbocycles. The van der Waals surface area contributed by atoms with Crippen LogP contribution < -0.4 is 5.32 Å². The van der Waals surface area contributed by atoms with Gasteiger partial charge in [0.05, 0.1) is 0 Å². The van der Waals surface area contributed by atoms with Crippen molar-refractivity contribution >= 4 is 40.1 Å². The van der Waals surface area contributed by atoms with Crippen LogP contribution in [0.3, 0.4) is 0 Å². The van der Waals surface area contributed by atoms with Gasteiger partial charge in [0, 0.05) is 13.1 Å². The molecule has 0 atom stereocenters. The fourth-order valence-corrected chi connectivity index (χ4v) is 2.65. The Hall–Kier alpha value is -0.620. The molecule has 1 N–H and O–H groups in total. The molecule has 0 aliphatic heterocycles. The van der Waals surface area contributed by atoms with E-state index in [1.807, 2.05) is 6.92 Å². The number of thiocarbonyl (C=S) groups is 1. The summed E-state index contributed by atoms with van der Waals surface area (Å²) in [6.07, 6.45) is -0.135. The minimum Gasteiger partial charge on any atom is -0.342 e. The van der Waals surface area contributed by atoms with Crippen molar-refractivity contribution in [3.63, 3.8) is 0 Å². The third-order valence-corrected chi connectivity index (χ3v) is 3.46. The van der Waals surface area contributed by atoms with E-state index in [0.29, 0.717) is 29.2 Å². The Morgan fingerprint density at radius 1 is 1.15 bits per heavy atom. The molecule has 2 amide bonds. The zero-order valence-corrected chi connectivity index (χ0v) is 14.7. The first-order valence-electron chi connectivity index (χ1n) is 7.00. The molecular formula is C14H26N2O2S2. The van der Waals surface area contributed by atoms with Crippen molar-refractivity contribution in [2.75, 3.05) is 18.8 Å². The normalized spacial score (nSPS) is 10.8. The van der Waals surface area contributed by atoms with E-state index in [1.54, 1.807) is 4.90 Å². The first kappa shape index (κ1) is 19.4. The molecule has 0 aromatic heterocycles. The highest BCUT2D eigenvalue weighted by atomic mass is 32.2. The quantitative estimate of drug-likeness (QED) is 0.579. The van der Waals surface area contributed by atoms with Gasteiger partial charge in [0.2, 0.25) is 11.8 Å². The van der Waals surface area contributed by atoms with E-state index in [1.165, 1.54) is 11.8 Å². The second-order valence-corrected chi connectivity index (χ2v) is 7.47. The van der Waals surface area contributed by atoms with Crippen LogP contribution in [0, 0.1) is 11.8 Å². The van der Waals surface area contributed by atoms with Gasteiger partial charge < -0.3 is 10.2 Å². The molecule has 0 radical (unpaired) electrons. The highest BCUT2D eigenvalue weighted by Gasteiger charge is 2.19. The van der Waals surface area contributed by atoms with E-state index in [-0.39, 0.29) is 18.2 Å². The van der Waals surface area contributed by atoms with E-state index >= 15 is 0 Å². The first-order chi connectivity index (χ1) is 9.26. The lowest BCUT2D eigenvalue weighted by atomic mass is 10.1. The molecule has 0 bridgehead atoms. The van der Waals surface area contributed by atoms with Gasteiger partial charge in [0.1, 0.15) is 10.7 Å². The molecule has 0 unspecified atom stereocenters. The maximum absolute atomic E-state index is 12.2. The maximum atomic E-state index is 12.2. The number of carbonyl (C=O) groups is 2. The Labute approximate surface area is 132 Å². The Morgan fingerprint density at radius 2 is 1.65 bits per heavy atom. The molecular weight excluding hydrogens is 292 g/mol. The molecule has 0 fully saturated rings. The molecule has 20 heavy (non-hydrogen) atoms. The molecule has 0 aromatic rings. The Kier molecular flexibility index (Phi) is 9.84. The van der Waals surface area contributed by atoms with Gasteiger partial charge in [-0.1, -0.05) is 58.6 Å². The summed E-state index contributed by atoms with van der Waals surface area (Å²) in [5, 5.41) is 2.58. The average Bonchev–Trinajstić information content (AvgIpc) is 2.26. The smallest absolute Gasteiger partial charge is 0.234 e. The summed E-state index contributed by atoms with van der Waals surface area (Å²) in [6.45, 7) is 11.6. The van der Waals surface area contributed by atoms with Gasteiger partial charge in [-0.2, -0.15) is 0 Å². The summed E-state index contributed by atoms with van der Waals surface area (Å²) in [5.74, 6) is 1.13. The minimum absolute atomic E-state index is 0.130. The number of rotatable bonds is 7. The summed E-state index contributed by atoms with van der Waals surface area (Å²) in [5.41, 5.74) is 0. The van der Waals surface area contributed by atoms with Gasteiger partial charge in [-0.25, -0.2) is 0 Å². The van der Waals surface area contributed by atoms with E-state index in [0.717, 1.165) is 5.75 Å². The van der Waals surface area contributed by atoms with Gasteiger partial charge in [-0.3, -0.25) is 9.59 Å². The lowest BCUT2D eigenvalue weighted by molar-refractivity contribution is -0.136. The van der Waals surface area contributed by atoms with Gasteiger partial charge in [-0.05, 0) is 17.6 Å². The van der Waals surface area contributed by atoms with Gasteiger partial charge >= 0.3 is 0 Å². The van der Waals surface area contributed by atoms with Crippen LogP contribution in [0.25, 0.3) is 0 Å². The standard InChI is InChI=1S/C14H26N2O2S2/c1-6-20-14(19)15-12(17)7-13(18)16(8-10(2)3)9-11(4)5/h10-11H,6-9H2,1-5H3,(H,15,17,19). The highest BCUT2D eigenvalue weighted by Crippen LogP contribution is 2.07. The van der Waals surface area contributed by atoms with Crippen LogP contribution in [-0.2, 0) is 9.59 Å². The lowest BCUT2D eigenvalue weighted by Crippen LogP contribution is -2.40. The third-order valence-electron chi connectivity index (χ3n) is 2.35. The predicted octanol–water partition coefficient (Wildman–Crippen LogP) is 2.67. The Morgan fingerprint density at radius 3 is 2.05 bits per heavy atom. The maximum Gasteiger partial charge on any atom is 0.234 e. The third kappa shape index (κ3) is 9.31. The van der Waals surface area contributed by atoms with Crippen LogP contribution in [0.15, 0.2) is 0 Å². The van der Waals surface area contributed by atoms with E-state index in [9.17, 15) is 9.59 Å². The number of hydrogen-bond acceptors (Lipinski definition) is 4. The van der Waals surface area contributed by atoms with E-state index < -0.39 is 0 Å². The van der Waals surface area contributed by atoms with Crippen molar-refractivity contribution in [1.82, 2.24) is 10.2 Å². The van der Waals surface area contributed by atoms with Crippen LogP contribution in [0.1, 0.15) is 41.0 Å². The molecule has 6 heteroatoms. The number of carbonyl (C=O) groups excluding carboxylic acids is 2. The topological polar surface area (TPSA) is 49.4 Å². The zero-order valence-electron chi connectivity index (χ0n) is 13.1. The Bertz CT molecular complexity index is 334. The monoisotopic (exact) mass is 318 g/mol. The van der Waals surface area contributed by atoms with Crippen LogP contribution >= 0.6 is 24.0 Å². The van der Waals surface area contributed by atoms with Crippen LogP contribution in [0.4, 0.5) is 0 Å². The van der Waals surface area contributed by atoms with Crippen LogP contribution in [0.2, 0.25) is 0 Å². The minimum atomic E-state index is -0.321. The molecule has 116 valence electrons. The molecule has 4 nitrogen and oxygen atoms in total. The highest BCUT2D eigenvalue weighted by molar-refractivity contribution is 8.23. The van der Waals surface area contributed by atoms with Crippen molar-refractivity contribution in [2.24, 2.45) is 11.8 Å². The lowest BCUT2D eigenvalue weighted by Gasteiger charge is -2.26. The van der Waals surface area contributed by atoms with Crippen molar-refractivity contribution in [3.05, 3.63) is 0 Å². The molecule has 0 rings (SSSR count). The number of nitrogens with zero attached hydrogens (tertiary/aromatic N) is 1. The Balaban J connectivity index is 4.43. The summed E-state index contributed by atoms with van der Waals surface area (Å²) < 4.78 is 0.435. The predicted molar refractivity (Wildman–Crippen MR) is 89.7 cm³/mol. The summed E-state index contributed by atoms with van der Waals surface area (Å²) in [6, 6.07) is 0. The summed E-state index contributed by atoms with van der Waals surface area (Å²) >= 11 is 6.38. The van der Waals surface area contributed by atoms with Crippen molar-refractivity contribution < 1.29 is 9.59 Å². The van der Waals surface area contributed by atoms with E-state index in [2.05, 4.69) is 33.0 Å². The SMILES string of the molecule is CCSC(=S)NC(=O)CC(=O)N(CC(C)C)CC(C)C. The fourth-order valence-electron chi connectivity index (χ4n) is 1.73. The van der Waals surface area contributed by atoms with Gasteiger partial charge in [-0.15, -0.1) is 0 Å². The molecule has 0 aliphatic carbocycles. The second kappa shape index (κ2) is 10.2. The van der Waals surface area contributed by atoms with Gasteiger partial charge in [0.25, 0.3) is 0 Å². The van der Waals surface area contributed by atoms with E-state index in [4.69, 9.17) is 12.2 Å². The summed E-state index contributed by atoms with van der Waals surface area (Å²) in [4.78, 5) is 25.7. The number of nitrogens with one attached hydrogen (secondary N) is 1. The fraction of sp³-hybridized carbons (Fsp3) is 0.786. The first-order valence-corrected chi connectivity index (χ1v) is 8.40. The number of hydrogen-bond donors (Lipinski definition) is 1. The molecule has 0 aliphatic rings. The molecule has 0 spiro atoms. The largest absolute Gasteiger partial charge is 0.342 e. The zero-order chi connectivity index (χ0) is 15.7. The van der Waals surface area contributed by atoms with Crippen LogP contribution in [-0.4, -0.2) is 39.9 Å². The number of amides is 2. The average molecular weight is 319 g/mol. The molecule has 0 saturated carbocycles. The van der Waals surface area contributed by atoms with Crippen molar-refractivity contribution in [1.29, 1.82) is 0 Å². The van der Waals surface area contributed by atoms with Gasteiger partial charge in [0.15, 0.2) is 0 Å². The van der Waals surface area contributed by atoms with Crippen molar-refractivity contribution in [2.45, 2.75) is 41.0 Å². The van der Waals surface area contributed by atoms with Crippen molar-refractivity contribution in [3.8, 4) is 0 Å². The number of thioether (sulfide) groups is 1. The summed E-state index contributed by atoms with van der Waals surface area (Å²) in [7, 11) is 0. The second-order valence-electron chi connectivity index (χ2n) is 5.53. The molecule has 0 saturated heterocycles.